The zero-order valence-electron chi connectivity index (χ0n) is 12.8. The van der Waals surface area contributed by atoms with Gasteiger partial charge in [-0.2, -0.15) is 0 Å². The summed E-state index contributed by atoms with van der Waals surface area (Å²) in [5.74, 6) is 0.160. The molecule has 5 heteroatoms. The highest BCUT2D eigenvalue weighted by atomic mass is 32.2. The minimum absolute atomic E-state index is 0.160. The summed E-state index contributed by atoms with van der Waals surface area (Å²) in [6, 6.07) is 0. The number of rotatable bonds is 3. The third-order valence-electron chi connectivity index (χ3n) is 5.38. The Hall–Kier alpha value is -0.130. The minimum Gasteiger partial charge on any atom is -0.390 e. The maximum absolute atomic E-state index is 11.8. The average Bonchev–Trinajstić information content (AvgIpc) is 2.61. The standard InChI is InChI=1S/C15H29NO3S/c1-3-16-10-5-8-15(17,9-11-16)13-6-4-7-14(12-13)20(2,18)19/h13-14,17H,3-12H2,1-2H3. The van der Waals surface area contributed by atoms with E-state index in [9.17, 15) is 13.5 Å². The predicted molar refractivity (Wildman–Crippen MR) is 81.5 cm³/mol. The largest absolute Gasteiger partial charge is 0.390 e. The zero-order chi connectivity index (χ0) is 14.8. The van der Waals surface area contributed by atoms with Gasteiger partial charge in [-0.25, -0.2) is 8.42 Å². The van der Waals surface area contributed by atoms with Crippen LogP contribution in [0.25, 0.3) is 0 Å². The van der Waals surface area contributed by atoms with Crippen molar-refractivity contribution in [3.8, 4) is 0 Å². The van der Waals surface area contributed by atoms with Crippen molar-refractivity contribution in [2.45, 2.75) is 62.7 Å². The molecule has 1 saturated heterocycles. The molecule has 0 aromatic rings. The normalized spacial score (nSPS) is 37.5. The molecule has 4 nitrogen and oxygen atoms in total. The Labute approximate surface area is 123 Å². The van der Waals surface area contributed by atoms with E-state index >= 15 is 0 Å². The third-order valence-corrected chi connectivity index (χ3v) is 7.02. The van der Waals surface area contributed by atoms with E-state index in [-0.39, 0.29) is 11.2 Å². The van der Waals surface area contributed by atoms with E-state index in [1.54, 1.807) is 0 Å². The van der Waals surface area contributed by atoms with Crippen LogP contribution in [0.15, 0.2) is 0 Å². The number of sulfone groups is 1. The van der Waals surface area contributed by atoms with Crippen molar-refractivity contribution in [1.82, 2.24) is 4.90 Å². The van der Waals surface area contributed by atoms with Gasteiger partial charge in [0.15, 0.2) is 0 Å². The predicted octanol–water partition coefficient (Wildman–Crippen LogP) is 1.83. The molecule has 1 N–H and O–H groups in total. The van der Waals surface area contributed by atoms with Crippen molar-refractivity contribution < 1.29 is 13.5 Å². The number of nitrogens with zero attached hydrogens (tertiary/aromatic N) is 1. The Kier molecular flexibility index (Phi) is 5.14. The molecule has 3 unspecified atom stereocenters. The Bertz CT molecular complexity index is 423. The van der Waals surface area contributed by atoms with Crippen LogP contribution in [-0.2, 0) is 9.84 Å². The van der Waals surface area contributed by atoms with Gasteiger partial charge in [0.25, 0.3) is 0 Å². The molecule has 1 heterocycles. The number of hydrogen-bond donors (Lipinski definition) is 1. The van der Waals surface area contributed by atoms with Gasteiger partial charge in [0.1, 0.15) is 9.84 Å². The van der Waals surface area contributed by atoms with Crippen LogP contribution in [-0.4, -0.2) is 55.2 Å². The highest BCUT2D eigenvalue weighted by molar-refractivity contribution is 7.91. The van der Waals surface area contributed by atoms with Gasteiger partial charge in [-0.3, -0.25) is 0 Å². The second-order valence-corrected chi connectivity index (χ2v) is 9.03. The van der Waals surface area contributed by atoms with Crippen LogP contribution in [0.5, 0.6) is 0 Å². The van der Waals surface area contributed by atoms with E-state index in [0.717, 1.165) is 58.2 Å². The molecule has 0 bridgehead atoms. The summed E-state index contributed by atoms with van der Waals surface area (Å²) < 4.78 is 23.6. The van der Waals surface area contributed by atoms with Crippen LogP contribution in [0.1, 0.15) is 51.9 Å². The first-order chi connectivity index (χ1) is 9.35. The molecule has 3 atom stereocenters. The molecule has 20 heavy (non-hydrogen) atoms. The molecular formula is C15H29NO3S. The van der Waals surface area contributed by atoms with E-state index in [1.807, 2.05) is 0 Å². The Morgan fingerprint density at radius 2 is 1.95 bits per heavy atom. The lowest BCUT2D eigenvalue weighted by Crippen LogP contribution is -2.43. The lowest BCUT2D eigenvalue weighted by Gasteiger charge is -2.40. The Balaban J connectivity index is 2.05. The molecule has 0 spiro atoms. The molecule has 1 saturated carbocycles. The molecule has 2 fully saturated rings. The van der Waals surface area contributed by atoms with Crippen molar-refractivity contribution in [1.29, 1.82) is 0 Å². The topological polar surface area (TPSA) is 57.6 Å². The molecule has 2 rings (SSSR count). The fourth-order valence-electron chi connectivity index (χ4n) is 3.94. The van der Waals surface area contributed by atoms with E-state index in [0.29, 0.717) is 6.42 Å². The molecule has 0 amide bonds. The maximum Gasteiger partial charge on any atom is 0.150 e. The molecule has 118 valence electrons. The van der Waals surface area contributed by atoms with Gasteiger partial charge in [0, 0.05) is 12.8 Å². The van der Waals surface area contributed by atoms with Gasteiger partial charge < -0.3 is 10.0 Å². The van der Waals surface area contributed by atoms with E-state index in [2.05, 4.69) is 11.8 Å². The van der Waals surface area contributed by atoms with Crippen LogP contribution in [0.2, 0.25) is 0 Å². The highest BCUT2D eigenvalue weighted by Gasteiger charge is 2.42. The molecule has 0 aromatic carbocycles. The summed E-state index contributed by atoms with van der Waals surface area (Å²) >= 11 is 0. The zero-order valence-corrected chi connectivity index (χ0v) is 13.7. The van der Waals surface area contributed by atoms with Crippen molar-refractivity contribution in [2.24, 2.45) is 5.92 Å². The lowest BCUT2D eigenvalue weighted by molar-refractivity contribution is -0.0438. The number of aliphatic hydroxyl groups is 1. The second-order valence-electron chi connectivity index (χ2n) is 6.71. The first kappa shape index (κ1) is 16.2. The van der Waals surface area contributed by atoms with Crippen molar-refractivity contribution in [3.05, 3.63) is 0 Å². The van der Waals surface area contributed by atoms with Crippen molar-refractivity contribution >= 4 is 9.84 Å². The molecule has 1 aliphatic heterocycles. The molecule has 0 radical (unpaired) electrons. The van der Waals surface area contributed by atoms with Crippen LogP contribution in [0, 0.1) is 5.92 Å². The monoisotopic (exact) mass is 303 g/mol. The van der Waals surface area contributed by atoms with Crippen LogP contribution in [0.4, 0.5) is 0 Å². The van der Waals surface area contributed by atoms with Gasteiger partial charge >= 0.3 is 0 Å². The van der Waals surface area contributed by atoms with E-state index in [4.69, 9.17) is 0 Å². The second kappa shape index (κ2) is 6.32. The Morgan fingerprint density at radius 3 is 2.60 bits per heavy atom. The minimum atomic E-state index is -2.97. The molecule has 1 aliphatic carbocycles. The third kappa shape index (κ3) is 3.74. The van der Waals surface area contributed by atoms with E-state index < -0.39 is 15.4 Å². The fraction of sp³-hybridized carbons (Fsp3) is 1.00. The van der Waals surface area contributed by atoms with Crippen molar-refractivity contribution in [3.63, 3.8) is 0 Å². The summed E-state index contributed by atoms with van der Waals surface area (Å²) in [6.07, 6.45) is 7.32. The quantitative estimate of drug-likeness (QED) is 0.864. The van der Waals surface area contributed by atoms with Crippen LogP contribution in [0.3, 0.4) is 0 Å². The Morgan fingerprint density at radius 1 is 1.20 bits per heavy atom. The first-order valence-corrected chi connectivity index (χ1v) is 9.94. The van der Waals surface area contributed by atoms with Crippen LogP contribution >= 0.6 is 0 Å². The van der Waals surface area contributed by atoms with Gasteiger partial charge in [-0.05, 0) is 57.5 Å². The number of hydrogen-bond acceptors (Lipinski definition) is 4. The summed E-state index contributed by atoms with van der Waals surface area (Å²) in [7, 11) is -2.97. The van der Waals surface area contributed by atoms with Gasteiger partial charge in [0.2, 0.25) is 0 Å². The van der Waals surface area contributed by atoms with E-state index in [1.165, 1.54) is 6.26 Å². The van der Waals surface area contributed by atoms with Gasteiger partial charge in [0.05, 0.1) is 10.9 Å². The molecule has 0 aromatic heterocycles. The van der Waals surface area contributed by atoms with Gasteiger partial charge in [-0.15, -0.1) is 0 Å². The highest BCUT2D eigenvalue weighted by Crippen LogP contribution is 2.40. The lowest BCUT2D eigenvalue weighted by atomic mass is 9.73. The average molecular weight is 303 g/mol. The molecular weight excluding hydrogens is 274 g/mol. The summed E-state index contributed by atoms with van der Waals surface area (Å²) in [5, 5.41) is 10.8. The summed E-state index contributed by atoms with van der Waals surface area (Å²) in [4.78, 5) is 2.38. The van der Waals surface area contributed by atoms with Crippen molar-refractivity contribution in [2.75, 3.05) is 25.9 Å². The maximum atomic E-state index is 11.8. The fourth-order valence-corrected chi connectivity index (χ4v) is 5.12. The van der Waals surface area contributed by atoms with Gasteiger partial charge in [-0.1, -0.05) is 13.3 Å². The number of likely N-dealkylation sites (tertiary alicyclic amines) is 1. The smallest absolute Gasteiger partial charge is 0.150 e. The molecule has 2 aliphatic rings. The SMILES string of the molecule is CCN1CCCC(O)(C2CCCC(S(C)(=O)=O)C2)CC1. The van der Waals surface area contributed by atoms with Crippen LogP contribution < -0.4 is 0 Å². The summed E-state index contributed by atoms with van der Waals surface area (Å²) in [6.45, 7) is 5.19. The first-order valence-electron chi connectivity index (χ1n) is 7.99. The summed E-state index contributed by atoms with van der Waals surface area (Å²) in [5.41, 5.74) is -0.646.